The van der Waals surface area contributed by atoms with Crippen molar-refractivity contribution in [2.24, 2.45) is 0 Å². The number of anilines is 4. The standard InChI is InChI=1S/C16H13ClFN5O/c1-24-14-7-6-12(8-13(14)17)21-16-22-15(9-19-23-16)20-11-4-2-10(18)3-5-11/h2-9H,1H3,(H2,20,21,22,23). The average Bonchev–Trinajstić information content (AvgIpc) is 2.58. The van der Waals surface area contributed by atoms with Gasteiger partial charge in [-0.15, -0.1) is 5.10 Å². The van der Waals surface area contributed by atoms with Crippen LogP contribution in [0.3, 0.4) is 0 Å². The van der Waals surface area contributed by atoms with Crippen LogP contribution in [0.1, 0.15) is 0 Å². The number of hydrogen-bond acceptors (Lipinski definition) is 6. The molecular formula is C16H13ClFN5O. The number of halogens is 2. The third-order valence-electron chi connectivity index (χ3n) is 3.08. The van der Waals surface area contributed by atoms with Gasteiger partial charge < -0.3 is 15.4 Å². The molecule has 0 spiro atoms. The minimum atomic E-state index is -0.305. The second-order valence-corrected chi connectivity index (χ2v) is 5.18. The zero-order chi connectivity index (χ0) is 16.9. The van der Waals surface area contributed by atoms with Crippen molar-refractivity contribution in [1.29, 1.82) is 0 Å². The van der Waals surface area contributed by atoms with Crippen LogP contribution in [0.25, 0.3) is 0 Å². The van der Waals surface area contributed by atoms with Crippen LogP contribution in [0, 0.1) is 5.82 Å². The van der Waals surface area contributed by atoms with Crippen LogP contribution in [0.15, 0.2) is 48.7 Å². The van der Waals surface area contributed by atoms with Crippen LogP contribution in [-0.2, 0) is 0 Å². The molecule has 8 heteroatoms. The van der Waals surface area contributed by atoms with E-state index < -0.39 is 0 Å². The molecule has 1 aromatic heterocycles. The Kier molecular flexibility index (Phi) is 4.72. The van der Waals surface area contributed by atoms with Gasteiger partial charge in [0.1, 0.15) is 11.6 Å². The quantitative estimate of drug-likeness (QED) is 0.723. The molecule has 0 saturated heterocycles. The largest absolute Gasteiger partial charge is 0.495 e. The molecule has 6 nitrogen and oxygen atoms in total. The van der Waals surface area contributed by atoms with E-state index in [-0.39, 0.29) is 5.82 Å². The summed E-state index contributed by atoms with van der Waals surface area (Å²) < 4.78 is 18.0. The molecule has 0 unspecified atom stereocenters. The fourth-order valence-electron chi connectivity index (χ4n) is 1.97. The summed E-state index contributed by atoms with van der Waals surface area (Å²) in [6.07, 6.45) is 1.47. The van der Waals surface area contributed by atoms with Crippen molar-refractivity contribution in [3.05, 3.63) is 59.5 Å². The zero-order valence-corrected chi connectivity index (χ0v) is 13.4. The maximum atomic E-state index is 12.9. The van der Waals surface area contributed by atoms with E-state index in [1.54, 1.807) is 37.4 Å². The van der Waals surface area contributed by atoms with Crippen LogP contribution in [0.4, 0.5) is 27.5 Å². The maximum absolute atomic E-state index is 12.9. The van der Waals surface area contributed by atoms with Gasteiger partial charge >= 0.3 is 0 Å². The van der Waals surface area contributed by atoms with Gasteiger partial charge in [-0.25, -0.2) is 4.39 Å². The molecule has 0 aliphatic rings. The fraction of sp³-hybridized carbons (Fsp3) is 0.0625. The van der Waals surface area contributed by atoms with Gasteiger partial charge in [-0.1, -0.05) is 11.6 Å². The van der Waals surface area contributed by atoms with Crippen molar-refractivity contribution in [1.82, 2.24) is 15.2 Å². The van der Waals surface area contributed by atoms with Gasteiger partial charge in [-0.05, 0) is 42.5 Å². The van der Waals surface area contributed by atoms with E-state index in [0.29, 0.717) is 33.9 Å². The highest BCUT2D eigenvalue weighted by Crippen LogP contribution is 2.28. The summed E-state index contributed by atoms with van der Waals surface area (Å²) >= 11 is 6.08. The van der Waals surface area contributed by atoms with Crippen molar-refractivity contribution in [2.75, 3.05) is 17.7 Å². The molecule has 0 aliphatic carbocycles. The molecule has 122 valence electrons. The first-order valence-corrected chi connectivity index (χ1v) is 7.35. The van der Waals surface area contributed by atoms with Crippen molar-refractivity contribution in [3.8, 4) is 5.75 Å². The summed E-state index contributed by atoms with van der Waals surface area (Å²) in [5.41, 5.74) is 1.39. The van der Waals surface area contributed by atoms with E-state index in [2.05, 4.69) is 25.8 Å². The number of hydrogen-bond donors (Lipinski definition) is 2. The van der Waals surface area contributed by atoms with Crippen molar-refractivity contribution in [3.63, 3.8) is 0 Å². The molecular weight excluding hydrogens is 333 g/mol. The summed E-state index contributed by atoms with van der Waals surface area (Å²) in [5, 5.41) is 14.3. The first-order valence-electron chi connectivity index (χ1n) is 6.97. The van der Waals surface area contributed by atoms with Crippen molar-refractivity contribution in [2.45, 2.75) is 0 Å². The lowest BCUT2D eigenvalue weighted by Crippen LogP contribution is -2.02. The van der Waals surface area contributed by atoms with Gasteiger partial charge in [0, 0.05) is 11.4 Å². The number of methoxy groups -OCH3 is 1. The van der Waals surface area contributed by atoms with Crippen molar-refractivity contribution >= 4 is 34.7 Å². The molecule has 1 heterocycles. The van der Waals surface area contributed by atoms with E-state index in [9.17, 15) is 4.39 Å². The van der Waals surface area contributed by atoms with Crippen LogP contribution in [-0.4, -0.2) is 22.3 Å². The highest BCUT2D eigenvalue weighted by molar-refractivity contribution is 6.32. The lowest BCUT2D eigenvalue weighted by molar-refractivity contribution is 0.415. The fourth-order valence-corrected chi connectivity index (χ4v) is 2.23. The Morgan fingerprint density at radius 1 is 1.04 bits per heavy atom. The van der Waals surface area contributed by atoms with Gasteiger partial charge in [0.05, 0.1) is 18.3 Å². The average molecular weight is 346 g/mol. The maximum Gasteiger partial charge on any atom is 0.249 e. The normalized spacial score (nSPS) is 10.3. The second kappa shape index (κ2) is 7.10. The predicted octanol–water partition coefficient (Wildman–Crippen LogP) is 4.16. The Hall–Kier alpha value is -2.93. The Bertz CT molecular complexity index is 844. The number of rotatable bonds is 5. The van der Waals surface area contributed by atoms with E-state index in [1.165, 1.54) is 18.3 Å². The zero-order valence-electron chi connectivity index (χ0n) is 12.6. The Morgan fingerprint density at radius 3 is 2.50 bits per heavy atom. The number of aromatic nitrogens is 3. The first kappa shape index (κ1) is 15.9. The van der Waals surface area contributed by atoms with Gasteiger partial charge in [0.2, 0.25) is 5.95 Å². The molecule has 0 amide bonds. The van der Waals surface area contributed by atoms with E-state index >= 15 is 0 Å². The summed E-state index contributed by atoms with van der Waals surface area (Å²) in [7, 11) is 1.55. The van der Waals surface area contributed by atoms with E-state index in [1.807, 2.05) is 0 Å². The molecule has 2 N–H and O–H groups in total. The van der Waals surface area contributed by atoms with Crippen LogP contribution in [0.5, 0.6) is 5.75 Å². The number of nitrogens with one attached hydrogen (secondary N) is 2. The molecule has 2 aromatic carbocycles. The molecule has 3 aromatic rings. The lowest BCUT2D eigenvalue weighted by Gasteiger charge is -2.09. The molecule has 24 heavy (non-hydrogen) atoms. The highest BCUT2D eigenvalue weighted by atomic mass is 35.5. The second-order valence-electron chi connectivity index (χ2n) is 4.77. The molecule has 3 rings (SSSR count). The van der Waals surface area contributed by atoms with Crippen LogP contribution in [0.2, 0.25) is 5.02 Å². The molecule has 0 bridgehead atoms. The van der Waals surface area contributed by atoms with Gasteiger partial charge in [0.15, 0.2) is 5.82 Å². The molecule has 0 saturated carbocycles. The van der Waals surface area contributed by atoms with Gasteiger partial charge in [-0.3, -0.25) is 0 Å². The summed E-state index contributed by atoms with van der Waals surface area (Å²) in [5.74, 6) is 1.04. The molecule has 0 fully saturated rings. The lowest BCUT2D eigenvalue weighted by atomic mass is 10.3. The SMILES string of the molecule is COc1ccc(Nc2nncc(Nc3ccc(F)cc3)n2)cc1Cl. The molecule has 0 radical (unpaired) electrons. The topological polar surface area (TPSA) is 72.0 Å². The first-order chi connectivity index (χ1) is 11.6. The summed E-state index contributed by atoms with van der Waals surface area (Å²) in [6.45, 7) is 0. The monoisotopic (exact) mass is 345 g/mol. The van der Waals surface area contributed by atoms with Crippen LogP contribution >= 0.6 is 11.6 Å². The van der Waals surface area contributed by atoms with E-state index in [0.717, 1.165) is 0 Å². The smallest absolute Gasteiger partial charge is 0.249 e. The van der Waals surface area contributed by atoms with Gasteiger partial charge in [0.25, 0.3) is 0 Å². The third-order valence-corrected chi connectivity index (χ3v) is 3.38. The minimum absolute atomic E-state index is 0.295. The van der Waals surface area contributed by atoms with Crippen LogP contribution < -0.4 is 15.4 Å². The molecule has 0 aliphatic heterocycles. The minimum Gasteiger partial charge on any atom is -0.495 e. The summed E-state index contributed by atoms with van der Waals surface area (Å²) in [4.78, 5) is 4.29. The Morgan fingerprint density at radius 2 is 1.79 bits per heavy atom. The highest BCUT2D eigenvalue weighted by Gasteiger charge is 2.05. The van der Waals surface area contributed by atoms with E-state index in [4.69, 9.17) is 16.3 Å². The number of benzene rings is 2. The molecule has 0 atom stereocenters. The summed E-state index contributed by atoms with van der Waals surface area (Å²) in [6, 6.07) is 11.1. The number of nitrogens with zero attached hydrogens (tertiary/aromatic N) is 3. The van der Waals surface area contributed by atoms with Crippen molar-refractivity contribution < 1.29 is 9.13 Å². The van der Waals surface area contributed by atoms with Gasteiger partial charge in [-0.2, -0.15) is 10.1 Å². The Balaban J connectivity index is 1.75. The number of ether oxygens (including phenoxy) is 1. The predicted molar refractivity (Wildman–Crippen MR) is 90.8 cm³/mol. The Labute approximate surface area is 142 Å². The third kappa shape index (κ3) is 3.88.